The minimum Gasteiger partial charge on any atom is -0.497 e. The van der Waals surface area contributed by atoms with Crippen molar-refractivity contribution in [1.82, 2.24) is 10.2 Å². The van der Waals surface area contributed by atoms with Crippen LogP contribution in [0.2, 0.25) is 0 Å². The van der Waals surface area contributed by atoms with E-state index in [-0.39, 0.29) is 12.3 Å². The number of hydrogen-bond donors (Lipinski definition) is 1. The van der Waals surface area contributed by atoms with Gasteiger partial charge < -0.3 is 10.1 Å². The predicted molar refractivity (Wildman–Crippen MR) is 105 cm³/mol. The van der Waals surface area contributed by atoms with E-state index in [1.807, 2.05) is 12.1 Å². The van der Waals surface area contributed by atoms with Crippen LogP contribution < -0.4 is 10.1 Å². The molecule has 0 aliphatic carbocycles. The zero-order chi connectivity index (χ0) is 20.3. The van der Waals surface area contributed by atoms with Crippen molar-refractivity contribution in [1.29, 1.82) is 0 Å². The van der Waals surface area contributed by atoms with Gasteiger partial charge in [0.1, 0.15) is 11.3 Å². The number of hydrogen-bond acceptors (Lipinski definition) is 4. The molecule has 1 fully saturated rings. The zero-order valence-corrected chi connectivity index (χ0v) is 16.3. The number of amides is 3. The maximum Gasteiger partial charge on any atom is 0.325 e. The molecule has 1 atom stereocenters. The summed E-state index contributed by atoms with van der Waals surface area (Å²) < 4.78 is 5.13. The summed E-state index contributed by atoms with van der Waals surface area (Å²) in [6.07, 6.45) is 1.97. The average Bonchev–Trinajstić information content (AvgIpc) is 2.93. The first-order valence-electron chi connectivity index (χ1n) is 9.30. The summed E-state index contributed by atoms with van der Waals surface area (Å²) in [6.45, 7) is 3.44. The maximum absolute atomic E-state index is 13.0. The Morgan fingerprint density at radius 2 is 1.71 bits per heavy atom. The minimum absolute atomic E-state index is 0.273. The van der Waals surface area contributed by atoms with Gasteiger partial charge in [-0.05, 0) is 36.6 Å². The van der Waals surface area contributed by atoms with E-state index in [2.05, 4.69) is 12.2 Å². The molecule has 1 saturated heterocycles. The Morgan fingerprint density at radius 1 is 1.07 bits per heavy atom. The second-order valence-electron chi connectivity index (χ2n) is 7.05. The molecule has 0 radical (unpaired) electrons. The van der Waals surface area contributed by atoms with Crippen LogP contribution in [0.25, 0.3) is 0 Å². The molecule has 1 unspecified atom stereocenters. The third-order valence-electron chi connectivity index (χ3n) is 5.06. The van der Waals surface area contributed by atoms with Gasteiger partial charge in [-0.25, -0.2) is 4.79 Å². The summed E-state index contributed by atoms with van der Waals surface area (Å²) in [5, 5.41) is 2.71. The Kier molecular flexibility index (Phi) is 5.49. The van der Waals surface area contributed by atoms with Gasteiger partial charge in [-0.3, -0.25) is 14.5 Å². The smallest absolute Gasteiger partial charge is 0.325 e. The number of rotatable bonds is 7. The number of ether oxygens (including phenoxy) is 1. The molecule has 0 saturated carbocycles. The second-order valence-corrected chi connectivity index (χ2v) is 7.05. The lowest BCUT2D eigenvalue weighted by Gasteiger charge is -2.22. The van der Waals surface area contributed by atoms with Crippen molar-refractivity contribution >= 4 is 17.7 Å². The molecule has 6 heteroatoms. The highest BCUT2D eigenvalue weighted by molar-refractivity contribution is 6.11. The lowest BCUT2D eigenvalue weighted by atomic mass is 9.92. The molecule has 0 spiro atoms. The van der Waals surface area contributed by atoms with E-state index < -0.39 is 17.5 Å². The number of ketones is 1. The Morgan fingerprint density at radius 3 is 2.29 bits per heavy atom. The molecule has 2 aromatic rings. The quantitative estimate of drug-likeness (QED) is 0.591. The van der Waals surface area contributed by atoms with Crippen molar-refractivity contribution in [3.05, 3.63) is 65.2 Å². The monoisotopic (exact) mass is 380 g/mol. The van der Waals surface area contributed by atoms with Crippen molar-refractivity contribution in [3.63, 3.8) is 0 Å². The van der Waals surface area contributed by atoms with Gasteiger partial charge in [0.2, 0.25) is 0 Å². The molecule has 0 bridgehead atoms. The molecule has 3 rings (SSSR count). The predicted octanol–water partition coefficient (Wildman–Crippen LogP) is 3.30. The third-order valence-corrected chi connectivity index (χ3v) is 5.06. The van der Waals surface area contributed by atoms with Crippen LogP contribution in [0, 0.1) is 0 Å². The van der Waals surface area contributed by atoms with E-state index in [0.29, 0.717) is 16.9 Å². The van der Waals surface area contributed by atoms with E-state index in [0.717, 1.165) is 23.3 Å². The Labute approximate surface area is 164 Å². The first kappa shape index (κ1) is 19.6. The number of carbonyl (C=O) groups excluding carboxylic acids is 3. The van der Waals surface area contributed by atoms with Crippen molar-refractivity contribution in [2.24, 2.45) is 0 Å². The summed E-state index contributed by atoms with van der Waals surface area (Å²) in [5.41, 5.74) is 1.05. The van der Waals surface area contributed by atoms with Gasteiger partial charge in [0.25, 0.3) is 5.91 Å². The molecule has 1 heterocycles. The molecular weight excluding hydrogens is 356 g/mol. The molecule has 6 nitrogen and oxygen atoms in total. The van der Waals surface area contributed by atoms with Gasteiger partial charge in [-0.1, -0.05) is 49.7 Å². The van der Waals surface area contributed by atoms with Crippen LogP contribution in [0.4, 0.5) is 4.79 Å². The van der Waals surface area contributed by atoms with Crippen molar-refractivity contribution in [3.8, 4) is 5.75 Å². The number of aryl methyl sites for hydroxylation is 1. The summed E-state index contributed by atoms with van der Waals surface area (Å²) in [4.78, 5) is 39.0. The van der Waals surface area contributed by atoms with Crippen LogP contribution in [-0.4, -0.2) is 36.3 Å². The van der Waals surface area contributed by atoms with Gasteiger partial charge in [0.05, 0.1) is 13.7 Å². The van der Waals surface area contributed by atoms with E-state index >= 15 is 0 Å². The summed E-state index contributed by atoms with van der Waals surface area (Å²) in [5.74, 6) is -0.0631. The van der Waals surface area contributed by atoms with Crippen molar-refractivity contribution in [2.75, 3.05) is 13.7 Å². The molecule has 1 aliphatic rings. The zero-order valence-electron chi connectivity index (χ0n) is 16.3. The number of nitrogens with zero attached hydrogens (tertiary/aromatic N) is 1. The van der Waals surface area contributed by atoms with Crippen molar-refractivity contribution in [2.45, 2.75) is 32.2 Å². The number of carbonyl (C=O) groups is 3. The van der Waals surface area contributed by atoms with Crippen LogP contribution in [0.15, 0.2) is 48.5 Å². The summed E-state index contributed by atoms with van der Waals surface area (Å²) in [7, 11) is 1.56. The minimum atomic E-state index is -1.21. The second kappa shape index (κ2) is 7.84. The number of urea groups is 1. The summed E-state index contributed by atoms with van der Waals surface area (Å²) in [6, 6.07) is 13.7. The Bertz CT molecular complexity index is 890. The first-order valence-corrected chi connectivity index (χ1v) is 9.30. The molecule has 28 heavy (non-hydrogen) atoms. The van der Waals surface area contributed by atoms with Gasteiger partial charge in [0.15, 0.2) is 5.78 Å². The molecule has 3 amide bonds. The van der Waals surface area contributed by atoms with Gasteiger partial charge in [0, 0.05) is 5.56 Å². The van der Waals surface area contributed by atoms with Crippen LogP contribution in [0.1, 0.15) is 41.8 Å². The molecule has 146 valence electrons. The lowest BCUT2D eigenvalue weighted by Crippen LogP contribution is -2.41. The average molecular weight is 380 g/mol. The van der Waals surface area contributed by atoms with E-state index in [1.54, 1.807) is 50.4 Å². The van der Waals surface area contributed by atoms with E-state index in [9.17, 15) is 14.4 Å². The SMILES string of the molecule is CCCc1ccc(C(=O)CN2C(=O)NC(C)(c3ccc(OC)cc3)C2=O)cc1. The number of benzene rings is 2. The topological polar surface area (TPSA) is 75.7 Å². The number of Topliss-reactive ketones (excluding diaryl/α,β-unsaturated/α-hetero) is 1. The van der Waals surface area contributed by atoms with Crippen LogP contribution >= 0.6 is 0 Å². The van der Waals surface area contributed by atoms with Gasteiger partial charge in [-0.15, -0.1) is 0 Å². The third kappa shape index (κ3) is 3.63. The standard InChI is InChI=1S/C22H24N2O4/c1-4-5-15-6-8-16(9-7-15)19(25)14-24-20(26)22(2,23-21(24)27)17-10-12-18(28-3)13-11-17/h6-13H,4-5,14H2,1-3H3,(H,23,27). The molecule has 0 aromatic heterocycles. The largest absolute Gasteiger partial charge is 0.497 e. The number of nitrogens with one attached hydrogen (secondary N) is 1. The molecule has 1 aliphatic heterocycles. The lowest BCUT2D eigenvalue weighted by molar-refractivity contribution is -0.130. The van der Waals surface area contributed by atoms with Gasteiger partial charge >= 0.3 is 6.03 Å². The van der Waals surface area contributed by atoms with Crippen LogP contribution in [0.3, 0.4) is 0 Å². The summed E-state index contributed by atoms with van der Waals surface area (Å²) >= 11 is 0. The molecular formula is C22H24N2O4. The Hall–Kier alpha value is -3.15. The fourth-order valence-corrected chi connectivity index (χ4v) is 3.34. The Balaban J connectivity index is 1.76. The highest BCUT2D eigenvalue weighted by Crippen LogP contribution is 2.30. The fraction of sp³-hybridized carbons (Fsp3) is 0.318. The van der Waals surface area contributed by atoms with Crippen molar-refractivity contribution < 1.29 is 19.1 Å². The van der Waals surface area contributed by atoms with E-state index in [4.69, 9.17) is 4.74 Å². The van der Waals surface area contributed by atoms with Crippen LogP contribution in [0.5, 0.6) is 5.75 Å². The molecule has 1 N–H and O–H groups in total. The maximum atomic E-state index is 13.0. The van der Waals surface area contributed by atoms with Gasteiger partial charge in [-0.2, -0.15) is 0 Å². The van der Waals surface area contributed by atoms with Crippen LogP contribution in [-0.2, 0) is 16.8 Å². The molecule has 2 aromatic carbocycles. The highest BCUT2D eigenvalue weighted by Gasteiger charge is 2.49. The number of methoxy groups -OCH3 is 1. The van der Waals surface area contributed by atoms with E-state index in [1.165, 1.54) is 0 Å². The first-order chi connectivity index (χ1) is 13.4. The number of imide groups is 1. The fourth-order valence-electron chi connectivity index (χ4n) is 3.34. The highest BCUT2D eigenvalue weighted by atomic mass is 16.5. The normalized spacial score (nSPS) is 18.9.